The van der Waals surface area contributed by atoms with E-state index in [0.717, 1.165) is 25.7 Å². The van der Waals surface area contributed by atoms with Crippen LogP contribution in [0.25, 0.3) is 0 Å². The van der Waals surface area contributed by atoms with Gasteiger partial charge in [-0.2, -0.15) is 0 Å². The normalized spacial score (nSPS) is 10.8. The molecule has 0 aliphatic heterocycles. The van der Waals surface area contributed by atoms with Crippen LogP contribution in [0.4, 0.5) is 5.69 Å². The molecule has 140 valence electrons. The summed E-state index contributed by atoms with van der Waals surface area (Å²) in [7, 11) is 1.59. The largest absolute Gasteiger partial charge is 0.339 e. The fourth-order valence-electron chi connectivity index (χ4n) is 2.95. The van der Waals surface area contributed by atoms with Gasteiger partial charge in [0.1, 0.15) is 5.69 Å². The molecule has 2 amide bonds. The molecule has 0 atom stereocenters. The summed E-state index contributed by atoms with van der Waals surface area (Å²) in [4.78, 5) is 39.1. The van der Waals surface area contributed by atoms with E-state index in [4.69, 9.17) is 0 Å². The Morgan fingerprint density at radius 2 is 1.68 bits per heavy atom. The molecule has 25 heavy (non-hydrogen) atoms. The van der Waals surface area contributed by atoms with Crippen molar-refractivity contribution in [2.45, 2.75) is 53.4 Å². The van der Waals surface area contributed by atoms with Crippen molar-refractivity contribution in [2.24, 2.45) is 13.0 Å². The van der Waals surface area contributed by atoms with Crippen molar-refractivity contribution < 1.29 is 9.59 Å². The van der Waals surface area contributed by atoms with Crippen molar-refractivity contribution in [3.63, 3.8) is 0 Å². The Hall–Kier alpha value is -2.11. The van der Waals surface area contributed by atoms with E-state index in [1.54, 1.807) is 11.9 Å². The van der Waals surface area contributed by atoms with Crippen LogP contribution < -0.4 is 10.9 Å². The molecule has 1 heterocycles. The monoisotopic (exact) mass is 349 g/mol. The van der Waals surface area contributed by atoms with Crippen LogP contribution in [0.15, 0.2) is 17.1 Å². The Kier molecular flexibility index (Phi) is 8.38. The van der Waals surface area contributed by atoms with Gasteiger partial charge in [-0.1, -0.05) is 26.7 Å². The number of carbonyl (C=O) groups excluding carboxylic acids is 2. The Labute approximate surface area is 150 Å². The van der Waals surface area contributed by atoms with E-state index in [2.05, 4.69) is 5.32 Å². The second-order valence-corrected chi connectivity index (χ2v) is 6.30. The Morgan fingerprint density at radius 3 is 2.16 bits per heavy atom. The molecule has 6 heteroatoms. The number of hydrogen-bond acceptors (Lipinski definition) is 3. The van der Waals surface area contributed by atoms with Crippen LogP contribution in [0.3, 0.4) is 0 Å². The first kappa shape index (κ1) is 20.9. The minimum absolute atomic E-state index is 0.109. The zero-order valence-electron chi connectivity index (χ0n) is 16.1. The first-order valence-electron chi connectivity index (χ1n) is 9.20. The summed E-state index contributed by atoms with van der Waals surface area (Å²) in [5.41, 5.74) is 0.266. The van der Waals surface area contributed by atoms with Crippen LogP contribution >= 0.6 is 0 Å². The highest BCUT2D eigenvalue weighted by Crippen LogP contribution is 2.16. The highest BCUT2D eigenvalue weighted by atomic mass is 16.2. The highest BCUT2D eigenvalue weighted by molar-refractivity contribution is 5.97. The molecule has 1 rings (SSSR count). The van der Waals surface area contributed by atoms with E-state index in [0.29, 0.717) is 18.7 Å². The third kappa shape index (κ3) is 5.44. The van der Waals surface area contributed by atoms with Gasteiger partial charge in [0.25, 0.3) is 11.5 Å². The van der Waals surface area contributed by atoms with Gasteiger partial charge >= 0.3 is 0 Å². The fraction of sp³-hybridized carbons (Fsp3) is 0.632. The van der Waals surface area contributed by atoms with Crippen LogP contribution in [0.1, 0.15) is 63.7 Å². The quantitative estimate of drug-likeness (QED) is 0.745. The molecule has 0 saturated heterocycles. The van der Waals surface area contributed by atoms with E-state index in [1.807, 2.05) is 27.7 Å². The number of anilines is 1. The van der Waals surface area contributed by atoms with E-state index in [9.17, 15) is 14.4 Å². The topological polar surface area (TPSA) is 71.4 Å². The fourth-order valence-corrected chi connectivity index (χ4v) is 2.95. The number of aromatic nitrogens is 1. The molecule has 6 nitrogen and oxygen atoms in total. The second kappa shape index (κ2) is 10.0. The molecular weight excluding hydrogens is 318 g/mol. The van der Waals surface area contributed by atoms with Crippen molar-refractivity contribution in [1.82, 2.24) is 9.47 Å². The molecule has 0 aromatic carbocycles. The standard InChI is InChI=1S/C19H31N3O3/c1-6-10-14(11-7-2)17(23)20-16-12-15(13-21(5)19(16)25)18(24)22(8-3)9-4/h12-14H,6-11H2,1-5H3,(H,20,23). The van der Waals surface area contributed by atoms with Crippen molar-refractivity contribution in [3.05, 3.63) is 28.2 Å². The predicted molar refractivity (Wildman–Crippen MR) is 101 cm³/mol. The van der Waals surface area contributed by atoms with Gasteiger partial charge in [0.15, 0.2) is 0 Å². The third-order valence-corrected chi connectivity index (χ3v) is 4.38. The molecular formula is C19H31N3O3. The Balaban J connectivity index is 3.13. The molecule has 1 aromatic heterocycles. The van der Waals surface area contributed by atoms with Gasteiger partial charge in [-0.3, -0.25) is 14.4 Å². The van der Waals surface area contributed by atoms with E-state index in [1.165, 1.54) is 16.8 Å². The van der Waals surface area contributed by atoms with Crippen LogP contribution in [0.5, 0.6) is 0 Å². The number of rotatable bonds is 9. The predicted octanol–water partition coefficient (Wildman–Crippen LogP) is 3.02. The van der Waals surface area contributed by atoms with Crippen LogP contribution in [-0.2, 0) is 11.8 Å². The average Bonchev–Trinajstić information content (AvgIpc) is 2.59. The minimum Gasteiger partial charge on any atom is -0.339 e. The molecule has 0 saturated carbocycles. The number of aryl methyl sites for hydroxylation is 1. The summed E-state index contributed by atoms with van der Waals surface area (Å²) >= 11 is 0. The molecule has 0 spiro atoms. The maximum Gasteiger partial charge on any atom is 0.274 e. The van der Waals surface area contributed by atoms with Crippen LogP contribution in [0, 0.1) is 5.92 Å². The molecule has 0 aliphatic carbocycles. The summed E-state index contributed by atoms with van der Waals surface area (Å²) in [5, 5.41) is 2.75. The average molecular weight is 349 g/mol. The molecule has 1 aromatic rings. The minimum atomic E-state index is -0.309. The van der Waals surface area contributed by atoms with Gasteiger partial charge in [-0.15, -0.1) is 0 Å². The zero-order chi connectivity index (χ0) is 19.0. The lowest BCUT2D eigenvalue weighted by molar-refractivity contribution is -0.120. The van der Waals surface area contributed by atoms with Crippen LogP contribution in [-0.4, -0.2) is 34.4 Å². The van der Waals surface area contributed by atoms with Crippen molar-refractivity contribution >= 4 is 17.5 Å². The van der Waals surface area contributed by atoms with Gasteiger partial charge in [0.05, 0.1) is 5.56 Å². The van der Waals surface area contributed by atoms with E-state index < -0.39 is 0 Å². The maximum absolute atomic E-state index is 12.5. The summed E-state index contributed by atoms with van der Waals surface area (Å²) in [5.74, 6) is -0.398. The lowest BCUT2D eigenvalue weighted by Gasteiger charge is -2.20. The third-order valence-electron chi connectivity index (χ3n) is 4.38. The van der Waals surface area contributed by atoms with Gasteiger partial charge in [0.2, 0.25) is 5.91 Å². The first-order valence-corrected chi connectivity index (χ1v) is 9.20. The summed E-state index contributed by atoms with van der Waals surface area (Å²) in [6.45, 7) is 9.08. The molecule has 0 aliphatic rings. The molecule has 0 radical (unpaired) electrons. The summed E-state index contributed by atoms with van der Waals surface area (Å²) < 4.78 is 1.35. The number of hydrogen-bond donors (Lipinski definition) is 1. The lowest BCUT2D eigenvalue weighted by Crippen LogP contribution is -2.33. The summed E-state index contributed by atoms with van der Waals surface area (Å²) in [6, 6.07) is 1.50. The zero-order valence-corrected chi connectivity index (χ0v) is 16.1. The Morgan fingerprint density at radius 1 is 1.12 bits per heavy atom. The number of nitrogens with zero attached hydrogens (tertiary/aromatic N) is 2. The number of nitrogens with one attached hydrogen (secondary N) is 1. The van der Waals surface area contributed by atoms with Gasteiger partial charge in [-0.05, 0) is 32.8 Å². The smallest absolute Gasteiger partial charge is 0.274 e. The number of carbonyl (C=O) groups is 2. The van der Waals surface area contributed by atoms with Crippen molar-refractivity contribution in [1.29, 1.82) is 0 Å². The second-order valence-electron chi connectivity index (χ2n) is 6.30. The van der Waals surface area contributed by atoms with Crippen molar-refractivity contribution in [3.8, 4) is 0 Å². The SMILES string of the molecule is CCCC(CCC)C(=O)Nc1cc(C(=O)N(CC)CC)cn(C)c1=O. The van der Waals surface area contributed by atoms with Crippen molar-refractivity contribution in [2.75, 3.05) is 18.4 Å². The first-order chi connectivity index (χ1) is 11.9. The molecule has 0 bridgehead atoms. The lowest BCUT2D eigenvalue weighted by atomic mass is 9.97. The van der Waals surface area contributed by atoms with E-state index in [-0.39, 0.29) is 29.0 Å². The number of pyridine rings is 1. The maximum atomic E-state index is 12.5. The van der Waals surface area contributed by atoms with Gasteiger partial charge in [0, 0.05) is 32.3 Å². The van der Waals surface area contributed by atoms with Gasteiger partial charge in [-0.25, -0.2) is 0 Å². The summed E-state index contributed by atoms with van der Waals surface area (Å²) in [6.07, 6.45) is 4.93. The van der Waals surface area contributed by atoms with E-state index >= 15 is 0 Å². The molecule has 0 unspecified atom stereocenters. The van der Waals surface area contributed by atoms with Crippen LogP contribution in [0.2, 0.25) is 0 Å². The van der Waals surface area contributed by atoms with Gasteiger partial charge < -0.3 is 14.8 Å². The molecule has 0 fully saturated rings. The highest BCUT2D eigenvalue weighted by Gasteiger charge is 2.20. The molecule has 1 N–H and O–H groups in total. The Bertz CT molecular complexity index is 642. The number of amides is 2.